The van der Waals surface area contributed by atoms with E-state index in [1.165, 1.54) is 51.0 Å². The van der Waals surface area contributed by atoms with Crippen molar-refractivity contribution < 1.29 is 5.11 Å². The second kappa shape index (κ2) is 8.29. The fourth-order valence-electron chi connectivity index (χ4n) is 4.36. The molecule has 2 aliphatic rings. The molecule has 0 amide bonds. The van der Waals surface area contributed by atoms with E-state index in [1.54, 1.807) is 0 Å². The number of benzene rings is 1. The topological polar surface area (TPSA) is 57.4 Å². The molecule has 26 heavy (non-hydrogen) atoms. The van der Waals surface area contributed by atoms with Gasteiger partial charge in [-0.1, -0.05) is 35.5 Å². The maximum Gasteiger partial charge on any atom is 0.108 e. The summed E-state index contributed by atoms with van der Waals surface area (Å²) in [7, 11) is 0. The molecule has 2 saturated heterocycles. The fourth-order valence-corrected chi connectivity index (χ4v) is 4.36. The van der Waals surface area contributed by atoms with Gasteiger partial charge in [0.05, 0.1) is 12.8 Å². The Balaban J connectivity index is 1.22. The van der Waals surface area contributed by atoms with Gasteiger partial charge in [-0.15, -0.1) is 5.10 Å². The first-order valence-electron chi connectivity index (χ1n) is 9.80. The third-order valence-electron chi connectivity index (χ3n) is 5.86. The van der Waals surface area contributed by atoms with Crippen molar-refractivity contribution in [2.24, 2.45) is 5.92 Å². The van der Waals surface area contributed by atoms with Gasteiger partial charge in [-0.25, -0.2) is 0 Å². The predicted octanol–water partition coefficient (Wildman–Crippen LogP) is 1.76. The zero-order chi connectivity index (χ0) is 17.8. The smallest absolute Gasteiger partial charge is 0.108 e. The van der Waals surface area contributed by atoms with Crippen LogP contribution in [-0.4, -0.2) is 62.1 Å². The first-order chi connectivity index (χ1) is 12.8. The minimum atomic E-state index is -0.0282. The molecule has 1 N–H and O–H groups in total. The Labute approximate surface area is 155 Å². The molecule has 2 fully saturated rings. The largest absolute Gasteiger partial charge is 0.390 e. The van der Waals surface area contributed by atoms with Crippen molar-refractivity contribution in [2.75, 3.05) is 26.2 Å². The van der Waals surface area contributed by atoms with E-state index in [9.17, 15) is 0 Å². The molecule has 1 aromatic heterocycles. The van der Waals surface area contributed by atoms with Gasteiger partial charge in [0.2, 0.25) is 0 Å². The summed E-state index contributed by atoms with van der Waals surface area (Å²) in [5, 5.41) is 17.2. The molecule has 0 spiro atoms. The minimum absolute atomic E-state index is 0.0282. The minimum Gasteiger partial charge on any atom is -0.390 e. The van der Waals surface area contributed by atoms with Crippen LogP contribution >= 0.6 is 0 Å². The summed E-state index contributed by atoms with van der Waals surface area (Å²) < 4.78 is 1.89. The molecule has 3 heterocycles. The lowest BCUT2D eigenvalue weighted by Crippen LogP contribution is -2.43. The summed E-state index contributed by atoms with van der Waals surface area (Å²) in [6.45, 7) is 6.76. The lowest BCUT2D eigenvalue weighted by molar-refractivity contribution is 0.124. The number of nitrogens with zero attached hydrogens (tertiary/aromatic N) is 5. The summed E-state index contributed by atoms with van der Waals surface area (Å²) in [6.07, 6.45) is 5.61. The van der Waals surface area contributed by atoms with Crippen LogP contribution < -0.4 is 0 Å². The summed E-state index contributed by atoms with van der Waals surface area (Å²) >= 11 is 0. The average Bonchev–Trinajstić information content (AvgIpc) is 3.33. The van der Waals surface area contributed by atoms with Crippen molar-refractivity contribution in [2.45, 2.75) is 45.0 Å². The zero-order valence-electron chi connectivity index (χ0n) is 15.4. The van der Waals surface area contributed by atoms with Gasteiger partial charge in [-0.3, -0.25) is 14.5 Å². The molecule has 0 unspecified atom stereocenters. The molecule has 0 radical (unpaired) electrons. The van der Waals surface area contributed by atoms with Crippen molar-refractivity contribution in [1.82, 2.24) is 24.8 Å². The lowest BCUT2D eigenvalue weighted by atomic mass is 9.95. The first-order valence-corrected chi connectivity index (χ1v) is 9.80. The zero-order valence-corrected chi connectivity index (χ0v) is 15.4. The molecule has 1 atom stereocenters. The van der Waals surface area contributed by atoms with E-state index in [1.807, 2.05) is 10.9 Å². The van der Waals surface area contributed by atoms with Crippen molar-refractivity contribution in [1.29, 1.82) is 0 Å². The number of hydrogen-bond donors (Lipinski definition) is 1. The molecule has 140 valence electrons. The third-order valence-corrected chi connectivity index (χ3v) is 5.86. The van der Waals surface area contributed by atoms with E-state index in [-0.39, 0.29) is 6.61 Å². The van der Waals surface area contributed by atoms with E-state index >= 15 is 0 Å². The quantitative estimate of drug-likeness (QED) is 0.856. The highest BCUT2D eigenvalue weighted by Gasteiger charge is 2.30. The van der Waals surface area contributed by atoms with Crippen LogP contribution in [0.4, 0.5) is 0 Å². The number of aliphatic hydroxyl groups is 1. The molecular formula is C20H29N5O. The average molecular weight is 355 g/mol. The van der Waals surface area contributed by atoms with Crippen LogP contribution in [0, 0.1) is 5.92 Å². The molecule has 2 aromatic rings. The standard InChI is InChI=1S/C20H29N5O/c26-16-19-14-25(22-21-19)13-18-6-10-24(11-7-18)20-8-9-23(15-20)12-17-4-2-1-3-5-17/h1-5,14,18,20,26H,6-13,15-16H2/t20-/m0/s1. The predicted molar refractivity (Wildman–Crippen MR) is 100 cm³/mol. The van der Waals surface area contributed by atoms with Gasteiger partial charge in [-0.2, -0.15) is 0 Å². The van der Waals surface area contributed by atoms with Crippen LogP contribution in [0.5, 0.6) is 0 Å². The van der Waals surface area contributed by atoms with Crippen molar-refractivity contribution in [3.05, 3.63) is 47.8 Å². The Morgan fingerprint density at radius 1 is 1.04 bits per heavy atom. The van der Waals surface area contributed by atoms with Gasteiger partial charge in [0.1, 0.15) is 5.69 Å². The Morgan fingerprint density at radius 3 is 2.58 bits per heavy atom. The van der Waals surface area contributed by atoms with Gasteiger partial charge >= 0.3 is 0 Å². The molecule has 0 saturated carbocycles. The fraction of sp³-hybridized carbons (Fsp3) is 0.600. The number of aromatic nitrogens is 3. The number of hydrogen-bond acceptors (Lipinski definition) is 5. The van der Waals surface area contributed by atoms with Crippen LogP contribution in [0.2, 0.25) is 0 Å². The summed E-state index contributed by atoms with van der Waals surface area (Å²) in [6, 6.07) is 11.5. The monoisotopic (exact) mass is 355 g/mol. The van der Waals surface area contributed by atoms with Gasteiger partial charge in [0.15, 0.2) is 0 Å². The maximum atomic E-state index is 9.10. The molecule has 1 aromatic carbocycles. The summed E-state index contributed by atoms with van der Waals surface area (Å²) in [4.78, 5) is 5.29. The summed E-state index contributed by atoms with van der Waals surface area (Å²) in [5.41, 5.74) is 2.08. The van der Waals surface area contributed by atoms with Crippen LogP contribution in [0.15, 0.2) is 36.5 Å². The number of piperidine rings is 1. The molecule has 6 heteroatoms. The Hall–Kier alpha value is -1.76. The maximum absolute atomic E-state index is 9.10. The van der Waals surface area contributed by atoms with Crippen LogP contribution in [-0.2, 0) is 19.7 Å². The lowest BCUT2D eigenvalue weighted by Gasteiger charge is -2.36. The van der Waals surface area contributed by atoms with E-state index < -0.39 is 0 Å². The second-order valence-corrected chi connectivity index (χ2v) is 7.73. The van der Waals surface area contributed by atoms with Crippen molar-refractivity contribution in [3.63, 3.8) is 0 Å². The molecular weight excluding hydrogens is 326 g/mol. The molecule has 6 nitrogen and oxygen atoms in total. The Morgan fingerprint density at radius 2 is 1.85 bits per heavy atom. The highest BCUT2D eigenvalue weighted by Crippen LogP contribution is 2.25. The molecule has 0 aliphatic carbocycles. The first kappa shape index (κ1) is 17.6. The molecule has 2 aliphatic heterocycles. The van der Waals surface area contributed by atoms with E-state index in [2.05, 4.69) is 50.4 Å². The number of aliphatic hydroxyl groups excluding tert-OH is 1. The van der Waals surface area contributed by atoms with E-state index in [4.69, 9.17) is 5.11 Å². The highest BCUT2D eigenvalue weighted by molar-refractivity contribution is 5.14. The van der Waals surface area contributed by atoms with Gasteiger partial charge in [0.25, 0.3) is 0 Å². The summed E-state index contributed by atoms with van der Waals surface area (Å²) in [5.74, 6) is 0.668. The third kappa shape index (κ3) is 4.31. The molecule has 0 bridgehead atoms. The van der Waals surface area contributed by atoms with Crippen LogP contribution in [0.3, 0.4) is 0 Å². The highest BCUT2D eigenvalue weighted by atomic mass is 16.3. The Bertz CT molecular complexity index is 681. The SMILES string of the molecule is OCc1cn(CC2CCN([C@H]3CCN(Cc4ccccc4)C3)CC2)nn1. The number of likely N-dealkylation sites (tertiary alicyclic amines) is 2. The number of rotatable bonds is 6. The van der Waals surface area contributed by atoms with Gasteiger partial charge < -0.3 is 5.11 Å². The normalized spacial score (nSPS) is 22.9. The van der Waals surface area contributed by atoms with Crippen molar-refractivity contribution >= 4 is 0 Å². The van der Waals surface area contributed by atoms with Crippen LogP contribution in [0.25, 0.3) is 0 Å². The van der Waals surface area contributed by atoms with E-state index in [0.717, 1.165) is 13.1 Å². The van der Waals surface area contributed by atoms with Crippen LogP contribution in [0.1, 0.15) is 30.5 Å². The van der Waals surface area contributed by atoms with E-state index in [0.29, 0.717) is 17.7 Å². The van der Waals surface area contributed by atoms with Gasteiger partial charge in [-0.05, 0) is 43.8 Å². The van der Waals surface area contributed by atoms with Gasteiger partial charge in [0, 0.05) is 32.2 Å². The second-order valence-electron chi connectivity index (χ2n) is 7.73. The molecule has 4 rings (SSSR count). The Kier molecular flexibility index (Phi) is 5.62. The van der Waals surface area contributed by atoms with Crippen molar-refractivity contribution in [3.8, 4) is 0 Å².